The molecule has 6 heteroatoms. The maximum Gasteiger partial charge on any atom is 0.319 e. The lowest BCUT2D eigenvalue weighted by molar-refractivity contribution is 0.252. The molecule has 0 saturated heterocycles. The summed E-state index contributed by atoms with van der Waals surface area (Å²) < 4.78 is 0. The van der Waals surface area contributed by atoms with Gasteiger partial charge in [-0.05, 0) is 47.7 Å². The second-order valence-corrected chi connectivity index (χ2v) is 7.58. The molecular formula is C23H22N4OS. The number of carbonyl (C=O) groups is 1. The summed E-state index contributed by atoms with van der Waals surface area (Å²) in [4.78, 5) is 21.2. The molecule has 2 aromatic carbocycles. The van der Waals surface area contributed by atoms with E-state index in [2.05, 4.69) is 32.7 Å². The second-order valence-electron chi connectivity index (χ2n) is 6.70. The fourth-order valence-electron chi connectivity index (χ4n) is 3.44. The van der Waals surface area contributed by atoms with Gasteiger partial charge >= 0.3 is 6.03 Å². The van der Waals surface area contributed by atoms with Gasteiger partial charge in [0.2, 0.25) is 0 Å². The van der Waals surface area contributed by atoms with Crippen LogP contribution in [-0.4, -0.2) is 28.8 Å². The van der Waals surface area contributed by atoms with Crippen LogP contribution in [-0.2, 0) is 0 Å². The zero-order valence-electron chi connectivity index (χ0n) is 16.1. The number of thioether (sulfide) groups is 1. The molecule has 0 unspecified atom stereocenters. The van der Waals surface area contributed by atoms with E-state index in [1.165, 1.54) is 0 Å². The van der Waals surface area contributed by atoms with Crippen LogP contribution in [0, 0.1) is 0 Å². The van der Waals surface area contributed by atoms with Gasteiger partial charge < -0.3 is 15.6 Å². The van der Waals surface area contributed by atoms with Crippen molar-refractivity contribution in [3.63, 3.8) is 0 Å². The maximum atomic E-state index is 12.5. The molecule has 0 fully saturated rings. The summed E-state index contributed by atoms with van der Waals surface area (Å²) >= 11 is 1.64. The van der Waals surface area contributed by atoms with E-state index < -0.39 is 0 Å². The molecule has 0 spiro atoms. The normalized spacial score (nSPS) is 11.9. The Hall–Kier alpha value is -3.25. The van der Waals surface area contributed by atoms with Gasteiger partial charge in [0.1, 0.15) is 0 Å². The third-order valence-corrected chi connectivity index (χ3v) is 5.60. The van der Waals surface area contributed by atoms with Gasteiger partial charge in [-0.2, -0.15) is 0 Å². The first-order valence-electron chi connectivity index (χ1n) is 9.39. The molecule has 3 N–H and O–H groups in total. The molecule has 0 aliphatic carbocycles. The quantitative estimate of drug-likeness (QED) is 0.386. The summed E-state index contributed by atoms with van der Waals surface area (Å²) in [6, 6.07) is 19.7. The summed E-state index contributed by atoms with van der Waals surface area (Å²) in [5, 5.41) is 7.09. The molecule has 146 valence electrons. The number of benzene rings is 2. The highest BCUT2D eigenvalue weighted by atomic mass is 32.2. The lowest BCUT2D eigenvalue weighted by Gasteiger charge is -2.18. The predicted octanol–water partition coefficient (Wildman–Crippen LogP) is 5.24. The highest BCUT2D eigenvalue weighted by molar-refractivity contribution is 7.98. The van der Waals surface area contributed by atoms with E-state index in [9.17, 15) is 4.79 Å². The lowest BCUT2D eigenvalue weighted by atomic mass is 9.92. The van der Waals surface area contributed by atoms with Gasteiger partial charge in [-0.25, -0.2) is 4.79 Å². The van der Waals surface area contributed by atoms with Crippen molar-refractivity contribution in [2.45, 2.75) is 10.8 Å². The summed E-state index contributed by atoms with van der Waals surface area (Å²) in [5.74, 6) is -0.0110. The van der Waals surface area contributed by atoms with Crippen LogP contribution < -0.4 is 10.6 Å². The molecular weight excluding hydrogens is 380 g/mol. The monoisotopic (exact) mass is 402 g/mol. The minimum Gasteiger partial charge on any atom is -0.361 e. The van der Waals surface area contributed by atoms with Crippen molar-refractivity contribution < 1.29 is 4.79 Å². The SMILES string of the molecule is CSc1cccc(NC(=O)NC[C@@H](c2cccnc2)c2c[nH]c3ccccc23)c1. The molecule has 29 heavy (non-hydrogen) atoms. The Labute approximate surface area is 174 Å². The van der Waals surface area contributed by atoms with E-state index >= 15 is 0 Å². The minimum atomic E-state index is -0.225. The number of carbonyl (C=O) groups excluding carboxylic acids is 1. The van der Waals surface area contributed by atoms with Gasteiger partial charge in [0.25, 0.3) is 0 Å². The van der Waals surface area contributed by atoms with Gasteiger partial charge in [-0.1, -0.05) is 30.3 Å². The fourth-order valence-corrected chi connectivity index (χ4v) is 3.90. The van der Waals surface area contributed by atoms with E-state index in [-0.39, 0.29) is 11.9 Å². The Morgan fingerprint density at radius 1 is 1.14 bits per heavy atom. The number of fused-ring (bicyclic) bond motifs is 1. The molecule has 5 nitrogen and oxygen atoms in total. The van der Waals surface area contributed by atoms with Crippen molar-refractivity contribution in [1.82, 2.24) is 15.3 Å². The number of amides is 2. The summed E-state index contributed by atoms with van der Waals surface area (Å²) in [7, 11) is 0. The van der Waals surface area contributed by atoms with Crippen molar-refractivity contribution in [3.8, 4) is 0 Å². The van der Waals surface area contributed by atoms with Crippen LogP contribution in [0.25, 0.3) is 10.9 Å². The lowest BCUT2D eigenvalue weighted by Crippen LogP contribution is -2.32. The Balaban J connectivity index is 1.54. The topological polar surface area (TPSA) is 69.8 Å². The van der Waals surface area contributed by atoms with Gasteiger partial charge in [0.05, 0.1) is 0 Å². The number of nitrogens with one attached hydrogen (secondary N) is 3. The van der Waals surface area contributed by atoms with E-state index in [1.807, 2.05) is 67.2 Å². The van der Waals surface area contributed by atoms with Crippen LogP contribution in [0.15, 0.2) is 84.1 Å². The Bertz CT molecular complexity index is 1110. The third-order valence-electron chi connectivity index (χ3n) is 4.88. The number of hydrogen-bond donors (Lipinski definition) is 3. The van der Waals surface area contributed by atoms with Gasteiger partial charge in [-0.3, -0.25) is 4.98 Å². The Morgan fingerprint density at radius 3 is 2.86 bits per heavy atom. The molecule has 0 bridgehead atoms. The van der Waals surface area contributed by atoms with E-state index in [0.717, 1.165) is 32.6 Å². The molecule has 0 aliphatic heterocycles. The van der Waals surface area contributed by atoms with Crippen LogP contribution in [0.2, 0.25) is 0 Å². The van der Waals surface area contributed by atoms with Crippen molar-refractivity contribution >= 4 is 34.4 Å². The molecule has 0 radical (unpaired) electrons. The summed E-state index contributed by atoms with van der Waals surface area (Å²) in [6.07, 6.45) is 7.64. The molecule has 0 saturated carbocycles. The Kier molecular flexibility index (Phi) is 5.81. The number of nitrogens with zero attached hydrogens (tertiary/aromatic N) is 1. The van der Waals surface area contributed by atoms with Crippen molar-refractivity contribution in [2.75, 3.05) is 18.1 Å². The molecule has 2 heterocycles. The molecule has 2 amide bonds. The van der Waals surface area contributed by atoms with Gasteiger partial charge in [0.15, 0.2) is 0 Å². The average Bonchev–Trinajstić information content (AvgIpc) is 3.19. The van der Waals surface area contributed by atoms with E-state index in [1.54, 1.807) is 18.0 Å². The molecule has 4 rings (SSSR count). The number of aromatic nitrogens is 2. The van der Waals surface area contributed by atoms with Crippen LogP contribution in [0.1, 0.15) is 17.0 Å². The number of aromatic amines is 1. The number of hydrogen-bond acceptors (Lipinski definition) is 3. The van der Waals surface area contributed by atoms with Gasteiger partial charge in [0, 0.05) is 52.5 Å². The number of anilines is 1. The van der Waals surface area contributed by atoms with Crippen LogP contribution in [0.3, 0.4) is 0 Å². The fraction of sp³-hybridized carbons (Fsp3) is 0.130. The third kappa shape index (κ3) is 4.43. The molecule has 2 aromatic heterocycles. The molecule has 1 atom stereocenters. The summed E-state index contributed by atoms with van der Waals surface area (Å²) in [6.45, 7) is 0.460. The smallest absolute Gasteiger partial charge is 0.319 e. The van der Waals surface area contributed by atoms with Crippen LogP contribution >= 0.6 is 11.8 Å². The van der Waals surface area contributed by atoms with Crippen LogP contribution in [0.5, 0.6) is 0 Å². The molecule has 0 aliphatic rings. The summed E-state index contributed by atoms with van der Waals surface area (Å²) in [5.41, 5.74) is 4.05. The van der Waals surface area contributed by atoms with E-state index in [4.69, 9.17) is 0 Å². The van der Waals surface area contributed by atoms with Crippen LogP contribution in [0.4, 0.5) is 10.5 Å². The first-order valence-corrected chi connectivity index (χ1v) is 10.6. The Morgan fingerprint density at radius 2 is 2.03 bits per heavy atom. The highest BCUT2D eigenvalue weighted by Gasteiger charge is 2.19. The van der Waals surface area contributed by atoms with Gasteiger partial charge in [-0.15, -0.1) is 11.8 Å². The predicted molar refractivity (Wildman–Crippen MR) is 120 cm³/mol. The minimum absolute atomic E-state index is 0.0110. The number of pyridine rings is 1. The van der Waals surface area contributed by atoms with Crippen molar-refractivity contribution in [1.29, 1.82) is 0 Å². The average molecular weight is 403 g/mol. The van der Waals surface area contributed by atoms with Crippen molar-refractivity contribution in [3.05, 3.63) is 90.4 Å². The number of para-hydroxylation sites is 1. The first kappa shape index (κ1) is 19.1. The number of rotatable bonds is 6. The first-order chi connectivity index (χ1) is 14.2. The standard InChI is InChI=1S/C23H22N4OS/c1-29-18-8-4-7-17(12-18)27-23(28)26-14-20(16-6-5-11-24-13-16)21-15-25-22-10-3-2-9-19(21)22/h2-13,15,20,25H,14H2,1H3,(H2,26,27,28)/t20-/m0/s1. The van der Waals surface area contributed by atoms with Crippen molar-refractivity contribution in [2.24, 2.45) is 0 Å². The zero-order valence-corrected chi connectivity index (χ0v) is 16.9. The largest absolute Gasteiger partial charge is 0.361 e. The zero-order chi connectivity index (χ0) is 20.1. The highest BCUT2D eigenvalue weighted by Crippen LogP contribution is 2.30. The maximum absolute atomic E-state index is 12.5. The molecule has 4 aromatic rings. The number of H-pyrrole nitrogens is 1. The number of urea groups is 1. The van der Waals surface area contributed by atoms with E-state index in [0.29, 0.717) is 6.54 Å². The second kappa shape index (κ2) is 8.84.